The molecule has 0 aliphatic carbocycles. The summed E-state index contributed by atoms with van der Waals surface area (Å²) in [6.45, 7) is 13.5. The number of benzene rings is 1. The first-order chi connectivity index (χ1) is 15.7. The van der Waals surface area contributed by atoms with Crippen molar-refractivity contribution in [3.63, 3.8) is 0 Å². The van der Waals surface area contributed by atoms with Crippen molar-refractivity contribution >= 4 is 42.2 Å². The maximum atomic E-state index is 11.7. The van der Waals surface area contributed by atoms with Gasteiger partial charge in [0.2, 0.25) is 0 Å². The Balaban J connectivity index is 0. The van der Waals surface area contributed by atoms with Gasteiger partial charge in [-0.1, -0.05) is 24.3 Å². The quantitative estimate of drug-likeness (QED) is 0.162. The van der Waals surface area contributed by atoms with Crippen LogP contribution >= 0.6 is 0 Å². The van der Waals surface area contributed by atoms with Crippen molar-refractivity contribution in [3.05, 3.63) is 66.2 Å². The van der Waals surface area contributed by atoms with Gasteiger partial charge in [0.05, 0.1) is 11.0 Å². The van der Waals surface area contributed by atoms with Gasteiger partial charge in [0, 0.05) is 43.6 Å². The molecule has 4 rings (SSSR count). The maximum Gasteiger partial charge on any atom is 0.431 e. The number of rotatable bonds is 0. The molecule has 4 aromatic rings. The summed E-state index contributed by atoms with van der Waals surface area (Å²) in [5.74, 6) is 0. The van der Waals surface area contributed by atoms with Gasteiger partial charge in [0.15, 0.2) is 0 Å². The summed E-state index contributed by atoms with van der Waals surface area (Å²) < 4.78 is 70.3. The Labute approximate surface area is 202 Å². The van der Waals surface area contributed by atoms with Crippen molar-refractivity contribution in [2.45, 2.75) is 12.4 Å². The molecule has 0 N–H and O–H groups in total. The predicted molar refractivity (Wildman–Crippen MR) is 102 cm³/mol. The molecule has 14 heteroatoms. The van der Waals surface area contributed by atoms with Gasteiger partial charge < -0.3 is 44.9 Å². The van der Waals surface area contributed by atoms with E-state index in [0.717, 1.165) is 21.8 Å². The Morgan fingerprint density at radius 3 is 1.38 bits per heavy atom. The van der Waals surface area contributed by atoms with E-state index in [1.54, 1.807) is 12.4 Å². The van der Waals surface area contributed by atoms with Gasteiger partial charge in [-0.25, -0.2) is 0 Å². The van der Waals surface area contributed by atoms with Crippen molar-refractivity contribution < 1.29 is 61.1 Å². The van der Waals surface area contributed by atoms with Gasteiger partial charge in [-0.05, 0) is 23.9 Å². The van der Waals surface area contributed by atoms with Gasteiger partial charge >= 0.3 is 12.4 Å². The fourth-order valence-electron chi connectivity index (χ4n) is 2.25. The van der Waals surface area contributed by atoms with Crippen molar-refractivity contribution in [1.82, 2.24) is 20.2 Å². The van der Waals surface area contributed by atoms with E-state index < -0.39 is 23.7 Å². The molecule has 7 nitrogen and oxygen atoms in total. The first kappa shape index (κ1) is 32.7. The van der Waals surface area contributed by atoms with Crippen molar-refractivity contribution in [2.75, 3.05) is 0 Å². The summed E-state index contributed by atoms with van der Waals surface area (Å²) in [5, 5.41) is 6.99. The number of fused-ring (bicyclic) bond motifs is 3. The second-order valence-electron chi connectivity index (χ2n) is 5.33. The smallest absolute Gasteiger partial charge is 0.431 e. The first-order valence-electron chi connectivity index (χ1n) is 8.01. The molecular weight excluding hydrogens is 644 g/mol. The van der Waals surface area contributed by atoms with Crippen LogP contribution in [-0.2, 0) is 47.2 Å². The normalized spacial score (nSPS) is 9.94. The molecule has 0 bridgehead atoms. The van der Waals surface area contributed by atoms with Gasteiger partial charge in [0.1, 0.15) is 5.69 Å². The Morgan fingerprint density at radius 1 is 0.676 bits per heavy atom. The first-order valence-corrected chi connectivity index (χ1v) is 8.01. The van der Waals surface area contributed by atoms with Gasteiger partial charge in [-0.3, -0.25) is 9.97 Å². The second-order valence-corrected chi connectivity index (χ2v) is 5.33. The van der Waals surface area contributed by atoms with E-state index in [4.69, 9.17) is 14.4 Å². The van der Waals surface area contributed by atoms with Crippen LogP contribution in [0.3, 0.4) is 0 Å². The number of pyridine rings is 2. The number of hydrogen-bond acceptors (Lipinski definition) is 6. The number of nitrogens with zero attached hydrogens (tertiary/aromatic N) is 4. The fraction of sp³-hybridized carbons (Fsp3) is 0.100. The second kappa shape index (κ2) is 15.4. The average molecular weight is 654 g/mol. The Hall–Kier alpha value is -3.50. The van der Waals surface area contributed by atoms with E-state index in [-0.39, 0.29) is 26.5 Å². The van der Waals surface area contributed by atoms with Crippen LogP contribution in [0.2, 0.25) is 0 Å². The third-order valence-electron chi connectivity index (χ3n) is 3.46. The molecule has 0 saturated carbocycles. The summed E-state index contributed by atoms with van der Waals surface area (Å²) >= 11 is 0. The monoisotopic (exact) mass is 654 g/mol. The van der Waals surface area contributed by atoms with E-state index in [9.17, 15) is 26.3 Å². The van der Waals surface area contributed by atoms with Gasteiger partial charge in [0.25, 0.3) is 0 Å². The SMILES string of the molecule is FC(F)(F)c1cc(C(F)(F)F)[n-]n1.[C-]=O.[C-]=O.[C-]=O.[Re].c1cnc2c(c1)ccc1cccnc12. The minimum absolute atomic E-state index is 0. The number of alkyl halides is 6. The number of aromatic nitrogens is 4. The summed E-state index contributed by atoms with van der Waals surface area (Å²) in [7, 11) is 0. The maximum absolute atomic E-state index is 11.7. The standard InChI is InChI=1S/C12H8N2.C5HF6N2.3CO.Re/c1-3-9-5-6-10-4-2-8-14-12(10)11(9)13-7-1;6-4(7,8)2-1-3(13-12-2)5(9,10)11;3*1-2;/h1-8H;1H;;;;/q;4*-1;. The van der Waals surface area contributed by atoms with Crippen LogP contribution in [0, 0.1) is 0 Å². The molecule has 0 atom stereocenters. The largest absolute Gasteiger partial charge is 0.573 e. The van der Waals surface area contributed by atoms with E-state index >= 15 is 0 Å². The molecule has 4 radical (unpaired) electrons. The van der Waals surface area contributed by atoms with Crippen molar-refractivity contribution in [1.29, 1.82) is 0 Å². The molecule has 3 aromatic heterocycles. The summed E-state index contributed by atoms with van der Waals surface area (Å²) in [5.41, 5.74) is -1.32. The molecule has 0 saturated heterocycles. The molecule has 180 valence electrons. The van der Waals surface area contributed by atoms with E-state index in [1.807, 2.05) is 12.1 Å². The molecule has 34 heavy (non-hydrogen) atoms. The number of hydrogen-bond donors (Lipinski definition) is 0. The number of halogens is 6. The predicted octanol–water partition coefficient (Wildman–Crippen LogP) is 3.67. The Kier molecular flexibility index (Phi) is 14.8. The third-order valence-corrected chi connectivity index (χ3v) is 3.46. The van der Waals surface area contributed by atoms with Gasteiger partial charge in [-0.15, -0.1) is 0 Å². The molecule has 0 fully saturated rings. The molecule has 0 unspecified atom stereocenters. The van der Waals surface area contributed by atoms with Crippen LogP contribution in [0.1, 0.15) is 11.4 Å². The third kappa shape index (κ3) is 9.16. The van der Waals surface area contributed by atoms with Crippen LogP contribution in [-0.4, -0.2) is 35.4 Å². The van der Waals surface area contributed by atoms with Crippen LogP contribution in [0.4, 0.5) is 26.3 Å². The zero-order valence-electron chi connectivity index (χ0n) is 16.4. The topological polar surface area (TPSA) is 104 Å². The van der Waals surface area contributed by atoms with Crippen molar-refractivity contribution in [2.24, 2.45) is 0 Å². The minimum atomic E-state index is -4.89. The molecule has 0 spiro atoms. The van der Waals surface area contributed by atoms with E-state index in [0.29, 0.717) is 0 Å². The molecule has 0 aliphatic rings. The van der Waals surface area contributed by atoms with Crippen LogP contribution < -0.4 is 5.10 Å². The van der Waals surface area contributed by atoms with Gasteiger partial charge in [-0.2, -0.15) is 26.3 Å². The van der Waals surface area contributed by atoms with Crippen LogP contribution in [0.25, 0.3) is 21.8 Å². The summed E-state index contributed by atoms with van der Waals surface area (Å²) in [6, 6.07) is 12.0. The Bertz CT molecular complexity index is 1050. The number of carbonyl (C=O) groups excluding carboxylic acids is 3. The zero-order chi connectivity index (χ0) is 25.7. The molecule has 1 aromatic carbocycles. The summed E-state index contributed by atoms with van der Waals surface area (Å²) in [4.78, 5) is 31.2. The van der Waals surface area contributed by atoms with E-state index in [1.165, 1.54) is 0 Å². The fourth-order valence-corrected chi connectivity index (χ4v) is 2.25. The molecule has 0 amide bonds. The minimum Gasteiger partial charge on any atom is -0.573 e. The van der Waals surface area contributed by atoms with Crippen molar-refractivity contribution in [3.8, 4) is 0 Å². The Morgan fingerprint density at radius 2 is 1.09 bits per heavy atom. The zero-order valence-corrected chi connectivity index (χ0v) is 19.1. The van der Waals surface area contributed by atoms with Crippen LogP contribution in [0.15, 0.2) is 54.9 Å². The molecular formula is C20H9F6N4O3Re-4. The average Bonchev–Trinajstić information content (AvgIpc) is 3.35. The molecule has 3 heterocycles. The van der Waals surface area contributed by atoms with Crippen LogP contribution in [0.5, 0.6) is 0 Å². The van der Waals surface area contributed by atoms with E-state index in [2.05, 4.69) is 64.8 Å². The summed E-state index contributed by atoms with van der Waals surface area (Å²) in [6.07, 6.45) is -6.18. The molecule has 0 aliphatic heterocycles.